The number of ether oxygens (including phenoxy) is 2. The lowest BCUT2D eigenvalue weighted by molar-refractivity contribution is 0.274. The molecule has 0 spiro atoms. The first-order chi connectivity index (χ1) is 13.8. The highest BCUT2D eigenvalue weighted by molar-refractivity contribution is 7.17. The fraction of sp³-hybridized carbons (Fsp3) is 0.182. The molecule has 28 heavy (non-hydrogen) atoms. The van der Waals surface area contributed by atoms with Crippen LogP contribution in [0.4, 0.5) is 5.82 Å². The Morgan fingerprint density at radius 3 is 2.82 bits per heavy atom. The molecule has 1 N–H and O–H groups in total. The molecule has 1 aliphatic heterocycles. The van der Waals surface area contributed by atoms with Gasteiger partial charge in [0.25, 0.3) is 0 Å². The lowest BCUT2D eigenvalue weighted by Gasteiger charge is -2.27. The summed E-state index contributed by atoms with van der Waals surface area (Å²) in [6, 6.07) is 16.4. The lowest BCUT2D eigenvalue weighted by Crippen LogP contribution is -2.20. The highest BCUT2D eigenvalue weighted by Crippen LogP contribution is 2.40. The van der Waals surface area contributed by atoms with Crippen molar-refractivity contribution in [2.24, 2.45) is 0 Å². The fourth-order valence-electron chi connectivity index (χ4n) is 3.62. The number of hydrogen-bond acceptors (Lipinski definition) is 6. The average Bonchev–Trinajstić information content (AvgIpc) is 3.19. The highest BCUT2D eigenvalue weighted by Gasteiger charge is 2.23. The van der Waals surface area contributed by atoms with Gasteiger partial charge in [-0.15, -0.1) is 11.3 Å². The Bertz CT molecular complexity index is 1120. The van der Waals surface area contributed by atoms with Crippen molar-refractivity contribution in [3.05, 3.63) is 65.8 Å². The van der Waals surface area contributed by atoms with Crippen molar-refractivity contribution in [1.29, 1.82) is 0 Å². The zero-order valence-electron chi connectivity index (χ0n) is 15.4. The van der Waals surface area contributed by atoms with Gasteiger partial charge in [-0.05, 0) is 23.8 Å². The number of rotatable bonds is 4. The van der Waals surface area contributed by atoms with Gasteiger partial charge in [-0.1, -0.05) is 30.3 Å². The Balaban J connectivity index is 1.56. The summed E-state index contributed by atoms with van der Waals surface area (Å²) < 4.78 is 11.1. The standard InChI is InChI=1S/C22H19N3O2S/c1-26-15-8-6-14(7-9-15)17-12-28-22-20(17)21(23-13-24-22)25-18-10-11-27-19-5-3-2-4-16(18)19/h2-9,12-13,18H,10-11H2,1H3,(H,23,24,25)/t18-/m1/s1. The molecule has 0 saturated heterocycles. The molecular weight excluding hydrogens is 370 g/mol. The van der Waals surface area contributed by atoms with Gasteiger partial charge in [0.15, 0.2) is 0 Å². The smallest absolute Gasteiger partial charge is 0.139 e. The first-order valence-corrected chi connectivity index (χ1v) is 10.1. The number of aromatic nitrogens is 2. The average molecular weight is 389 g/mol. The second-order valence-corrected chi connectivity index (χ2v) is 7.51. The quantitative estimate of drug-likeness (QED) is 0.513. The Morgan fingerprint density at radius 2 is 1.96 bits per heavy atom. The van der Waals surface area contributed by atoms with E-state index in [1.54, 1.807) is 24.8 Å². The molecule has 0 amide bonds. The first kappa shape index (κ1) is 17.0. The number of benzene rings is 2. The number of methoxy groups -OCH3 is 1. The van der Waals surface area contributed by atoms with Crippen LogP contribution < -0.4 is 14.8 Å². The number of fused-ring (bicyclic) bond motifs is 2. The molecule has 3 heterocycles. The monoisotopic (exact) mass is 389 g/mol. The van der Waals surface area contributed by atoms with Crippen LogP contribution in [0.15, 0.2) is 60.2 Å². The molecule has 2 aromatic carbocycles. The maximum atomic E-state index is 5.80. The third-order valence-corrected chi connectivity index (χ3v) is 5.93. The molecule has 0 unspecified atom stereocenters. The number of nitrogens with zero attached hydrogens (tertiary/aromatic N) is 2. The number of anilines is 1. The topological polar surface area (TPSA) is 56.3 Å². The maximum Gasteiger partial charge on any atom is 0.139 e. The van der Waals surface area contributed by atoms with Gasteiger partial charge in [0.1, 0.15) is 28.5 Å². The second-order valence-electron chi connectivity index (χ2n) is 6.65. The minimum absolute atomic E-state index is 0.159. The van der Waals surface area contributed by atoms with Crippen molar-refractivity contribution in [3.63, 3.8) is 0 Å². The minimum Gasteiger partial charge on any atom is -0.497 e. The summed E-state index contributed by atoms with van der Waals surface area (Å²) in [5.74, 6) is 2.65. The van der Waals surface area contributed by atoms with E-state index in [1.807, 2.05) is 30.3 Å². The van der Waals surface area contributed by atoms with Crippen molar-refractivity contribution in [1.82, 2.24) is 9.97 Å². The van der Waals surface area contributed by atoms with E-state index in [0.29, 0.717) is 6.61 Å². The van der Waals surface area contributed by atoms with E-state index in [0.717, 1.165) is 45.1 Å². The van der Waals surface area contributed by atoms with Crippen LogP contribution in [0, 0.1) is 0 Å². The normalized spacial score (nSPS) is 15.7. The molecule has 6 heteroatoms. The molecule has 4 aromatic rings. The summed E-state index contributed by atoms with van der Waals surface area (Å²) in [5, 5.41) is 6.85. The van der Waals surface area contributed by atoms with Crippen LogP contribution in [-0.2, 0) is 0 Å². The zero-order valence-corrected chi connectivity index (χ0v) is 16.2. The molecule has 0 saturated carbocycles. The molecule has 1 atom stereocenters. The van der Waals surface area contributed by atoms with Gasteiger partial charge in [-0.2, -0.15) is 0 Å². The predicted molar refractivity (Wildman–Crippen MR) is 112 cm³/mol. The summed E-state index contributed by atoms with van der Waals surface area (Å²) >= 11 is 1.63. The van der Waals surface area contributed by atoms with Gasteiger partial charge in [0.2, 0.25) is 0 Å². The molecule has 5 nitrogen and oxygen atoms in total. The van der Waals surface area contributed by atoms with E-state index in [1.165, 1.54) is 5.56 Å². The van der Waals surface area contributed by atoms with Crippen molar-refractivity contribution in [2.75, 3.05) is 19.0 Å². The lowest BCUT2D eigenvalue weighted by atomic mass is 10.00. The van der Waals surface area contributed by atoms with E-state index in [-0.39, 0.29) is 6.04 Å². The summed E-state index contributed by atoms with van der Waals surface area (Å²) in [4.78, 5) is 10.0. The van der Waals surface area contributed by atoms with Crippen molar-refractivity contribution >= 4 is 27.4 Å². The molecule has 5 rings (SSSR count). The van der Waals surface area contributed by atoms with Crippen LogP contribution in [0.25, 0.3) is 21.3 Å². The second kappa shape index (κ2) is 7.13. The van der Waals surface area contributed by atoms with E-state index in [4.69, 9.17) is 9.47 Å². The molecule has 0 bridgehead atoms. The number of para-hydroxylation sites is 1. The van der Waals surface area contributed by atoms with Crippen molar-refractivity contribution in [3.8, 4) is 22.6 Å². The number of nitrogens with one attached hydrogen (secondary N) is 1. The maximum absolute atomic E-state index is 5.80. The van der Waals surface area contributed by atoms with Crippen LogP contribution in [0.3, 0.4) is 0 Å². The summed E-state index contributed by atoms with van der Waals surface area (Å²) in [6.07, 6.45) is 2.52. The molecule has 0 aliphatic carbocycles. The van der Waals surface area contributed by atoms with E-state index in [9.17, 15) is 0 Å². The SMILES string of the molecule is COc1ccc(-c2csc3ncnc(N[C@@H]4CCOc5ccccc54)c23)cc1. The summed E-state index contributed by atoms with van der Waals surface area (Å²) in [6.45, 7) is 0.692. The van der Waals surface area contributed by atoms with E-state index >= 15 is 0 Å². The zero-order chi connectivity index (χ0) is 18.9. The van der Waals surface area contributed by atoms with Crippen LogP contribution in [0.2, 0.25) is 0 Å². The van der Waals surface area contributed by atoms with Gasteiger partial charge in [0.05, 0.1) is 25.1 Å². The van der Waals surface area contributed by atoms with Crippen LogP contribution >= 0.6 is 11.3 Å². The Morgan fingerprint density at radius 1 is 1.11 bits per heavy atom. The largest absolute Gasteiger partial charge is 0.497 e. The molecule has 0 radical (unpaired) electrons. The highest BCUT2D eigenvalue weighted by atomic mass is 32.1. The molecule has 1 aliphatic rings. The molecule has 2 aromatic heterocycles. The predicted octanol–water partition coefficient (Wildman–Crippen LogP) is 5.30. The molecule has 140 valence electrons. The third-order valence-electron chi connectivity index (χ3n) is 5.04. The van der Waals surface area contributed by atoms with Gasteiger partial charge in [-0.3, -0.25) is 0 Å². The van der Waals surface area contributed by atoms with Crippen molar-refractivity contribution < 1.29 is 9.47 Å². The first-order valence-electron chi connectivity index (χ1n) is 9.18. The Labute approximate surface area is 167 Å². The van der Waals surface area contributed by atoms with Gasteiger partial charge < -0.3 is 14.8 Å². The molecule has 0 fully saturated rings. The van der Waals surface area contributed by atoms with Crippen LogP contribution in [-0.4, -0.2) is 23.7 Å². The van der Waals surface area contributed by atoms with E-state index in [2.05, 4.69) is 38.9 Å². The Kier molecular flexibility index (Phi) is 4.33. The number of thiophene rings is 1. The van der Waals surface area contributed by atoms with Crippen LogP contribution in [0.1, 0.15) is 18.0 Å². The van der Waals surface area contributed by atoms with E-state index < -0.39 is 0 Å². The van der Waals surface area contributed by atoms with Gasteiger partial charge in [0, 0.05) is 22.9 Å². The molecular formula is C22H19N3O2S. The third kappa shape index (κ3) is 2.96. The Hall–Kier alpha value is -3.12. The minimum atomic E-state index is 0.159. The number of hydrogen-bond donors (Lipinski definition) is 1. The van der Waals surface area contributed by atoms with Gasteiger partial charge >= 0.3 is 0 Å². The summed E-state index contributed by atoms with van der Waals surface area (Å²) in [5.41, 5.74) is 3.42. The van der Waals surface area contributed by atoms with Gasteiger partial charge in [-0.25, -0.2) is 9.97 Å². The summed E-state index contributed by atoms with van der Waals surface area (Å²) in [7, 11) is 1.68. The van der Waals surface area contributed by atoms with Crippen molar-refractivity contribution in [2.45, 2.75) is 12.5 Å². The van der Waals surface area contributed by atoms with Crippen LogP contribution in [0.5, 0.6) is 11.5 Å². The fourth-order valence-corrected chi connectivity index (χ4v) is 4.54.